The van der Waals surface area contributed by atoms with Crippen molar-refractivity contribution in [1.29, 1.82) is 0 Å². The Kier molecular flexibility index (Phi) is 7.86. The zero-order chi connectivity index (χ0) is 30.1. The Bertz CT molecular complexity index is 1530. The van der Waals surface area contributed by atoms with E-state index in [0.29, 0.717) is 42.9 Å². The molecule has 1 atom stereocenters. The van der Waals surface area contributed by atoms with Crippen LogP contribution in [0, 0.1) is 0 Å². The third kappa shape index (κ3) is 5.39. The summed E-state index contributed by atoms with van der Waals surface area (Å²) in [5, 5.41) is 6.15. The maximum atomic E-state index is 14.1. The topological polar surface area (TPSA) is 95.2 Å². The number of amides is 1. The van der Waals surface area contributed by atoms with Crippen LogP contribution in [0.4, 0.5) is 43.5 Å². The number of aromatic nitrogens is 3. The number of aromatic amines is 1. The molecule has 1 aliphatic rings. The molecule has 8 nitrogen and oxygen atoms in total. The molecule has 5 rings (SSSR count). The number of carbonyl (C=O) groups is 1. The molecule has 0 spiro atoms. The number of rotatable bonds is 8. The largest absolute Gasteiger partial charge is 0.430 e. The molecular weight excluding hydrogens is 566 g/mol. The summed E-state index contributed by atoms with van der Waals surface area (Å²) in [6, 6.07) is 9.23. The summed E-state index contributed by atoms with van der Waals surface area (Å²) in [5.74, 6) is -0.402. The van der Waals surface area contributed by atoms with Gasteiger partial charge in [-0.25, -0.2) is 9.97 Å². The van der Waals surface area contributed by atoms with Crippen LogP contribution in [0.1, 0.15) is 28.8 Å². The van der Waals surface area contributed by atoms with E-state index in [1.807, 2.05) is 6.07 Å². The highest BCUT2D eigenvalue weighted by Crippen LogP contribution is 2.53. The first-order valence-electron chi connectivity index (χ1n) is 13.0. The van der Waals surface area contributed by atoms with Gasteiger partial charge in [0.1, 0.15) is 11.5 Å². The molecule has 42 heavy (non-hydrogen) atoms. The number of hydrogen-bond donors (Lipinski definition) is 3. The lowest BCUT2D eigenvalue weighted by molar-refractivity contribution is -0.390. The van der Waals surface area contributed by atoms with Crippen LogP contribution >= 0.6 is 0 Å². The summed E-state index contributed by atoms with van der Waals surface area (Å²) >= 11 is 0. The van der Waals surface area contributed by atoms with Crippen LogP contribution in [0.15, 0.2) is 67.1 Å². The number of pyridine rings is 2. The molecule has 1 fully saturated rings. The van der Waals surface area contributed by atoms with Gasteiger partial charge in [-0.1, -0.05) is 12.1 Å². The number of ether oxygens (including phenoxy) is 1. The first-order valence-corrected chi connectivity index (χ1v) is 13.0. The van der Waals surface area contributed by atoms with E-state index in [2.05, 4.69) is 25.6 Å². The van der Waals surface area contributed by atoms with Crippen LogP contribution in [0.3, 0.4) is 0 Å². The summed E-state index contributed by atoms with van der Waals surface area (Å²) in [4.78, 5) is 26.5. The van der Waals surface area contributed by atoms with Crippen molar-refractivity contribution in [2.24, 2.45) is 0 Å². The zero-order valence-electron chi connectivity index (χ0n) is 22.2. The number of hydrogen-bond acceptors (Lipinski definition) is 6. The normalized spacial score (nSPS) is 16.1. The van der Waals surface area contributed by atoms with Gasteiger partial charge in [0.15, 0.2) is 0 Å². The lowest BCUT2D eigenvalue weighted by Gasteiger charge is -2.38. The van der Waals surface area contributed by atoms with Gasteiger partial charge in [0, 0.05) is 48.3 Å². The molecule has 1 aromatic carbocycles. The van der Waals surface area contributed by atoms with E-state index in [9.17, 15) is 31.1 Å². The Morgan fingerprint density at radius 1 is 1.02 bits per heavy atom. The molecule has 3 N–H and O–H groups in total. The Hall–Kier alpha value is -4.17. The molecule has 222 valence electrons. The van der Waals surface area contributed by atoms with Crippen molar-refractivity contribution in [3.05, 3.63) is 78.2 Å². The third-order valence-corrected chi connectivity index (χ3v) is 7.16. The van der Waals surface area contributed by atoms with Gasteiger partial charge in [-0.2, -0.15) is 26.3 Å². The molecule has 4 aromatic rings. The molecule has 3 aromatic heterocycles. The lowest BCUT2D eigenvalue weighted by atomic mass is 9.91. The van der Waals surface area contributed by atoms with Crippen LogP contribution in [-0.4, -0.2) is 59.5 Å². The highest BCUT2D eigenvalue weighted by molar-refractivity contribution is 6.08. The van der Waals surface area contributed by atoms with E-state index in [-0.39, 0.29) is 17.1 Å². The van der Waals surface area contributed by atoms with Gasteiger partial charge >= 0.3 is 12.4 Å². The van der Waals surface area contributed by atoms with Gasteiger partial charge < -0.3 is 25.3 Å². The number of anilines is 3. The minimum atomic E-state index is -5.80. The van der Waals surface area contributed by atoms with Gasteiger partial charge in [-0.15, -0.1) is 0 Å². The summed E-state index contributed by atoms with van der Waals surface area (Å²) in [6.45, 7) is -0.289. The molecule has 1 amide bonds. The van der Waals surface area contributed by atoms with Crippen molar-refractivity contribution < 1.29 is 35.9 Å². The first-order chi connectivity index (χ1) is 19.9. The zero-order valence-corrected chi connectivity index (χ0v) is 22.2. The molecule has 1 saturated heterocycles. The number of nitrogens with one attached hydrogen (secondary N) is 3. The fraction of sp³-hybridized carbons (Fsp3) is 0.321. The van der Waals surface area contributed by atoms with Crippen LogP contribution in [-0.2, 0) is 10.3 Å². The van der Waals surface area contributed by atoms with Gasteiger partial charge in [0.2, 0.25) is 0 Å². The first kappa shape index (κ1) is 29.3. The average molecular weight is 593 g/mol. The molecule has 0 bridgehead atoms. The van der Waals surface area contributed by atoms with E-state index < -0.39 is 42.1 Å². The number of carbonyl (C=O) groups excluding carboxylic acids is 1. The van der Waals surface area contributed by atoms with Gasteiger partial charge in [0.25, 0.3) is 11.5 Å². The second-order valence-corrected chi connectivity index (χ2v) is 9.82. The summed E-state index contributed by atoms with van der Waals surface area (Å²) < 4.78 is 89.6. The lowest BCUT2D eigenvalue weighted by Crippen LogP contribution is -2.57. The van der Waals surface area contributed by atoms with E-state index in [0.717, 1.165) is 17.5 Å². The predicted octanol–water partition coefficient (Wildman–Crippen LogP) is 6.07. The van der Waals surface area contributed by atoms with Crippen molar-refractivity contribution >= 4 is 34.1 Å². The fourth-order valence-electron chi connectivity index (χ4n) is 5.04. The highest BCUT2D eigenvalue weighted by Gasteiger charge is 2.73. The van der Waals surface area contributed by atoms with Crippen molar-refractivity contribution in [2.45, 2.75) is 36.8 Å². The Morgan fingerprint density at radius 3 is 2.43 bits per heavy atom. The van der Waals surface area contributed by atoms with Gasteiger partial charge in [-0.05, 0) is 55.8 Å². The molecular formula is C28H26F6N6O2. The standard InChI is InChI=1S/C28H26F6N6O2/c1-40(22-11-15-37-23-20(22)10-14-36-23)24-21(5-3-13-38-24)25(41)39-18-8-6-17(7-9-18)26(27(29,30)31,28(32,33)34)42-16-19-4-2-12-35-19/h3,5-11,13-15,19,35H,2,4,12,16H2,1H3,(H,36,37)(H,39,41)/t19-/m0/s1. The van der Waals surface area contributed by atoms with Crippen LogP contribution in [0.25, 0.3) is 11.0 Å². The van der Waals surface area contributed by atoms with Crippen molar-refractivity contribution in [2.75, 3.05) is 30.4 Å². The molecule has 0 radical (unpaired) electrons. The second-order valence-electron chi connectivity index (χ2n) is 9.82. The van der Waals surface area contributed by atoms with Gasteiger partial charge in [0.05, 0.1) is 17.9 Å². The minimum absolute atomic E-state index is 0.0196. The number of fused-ring (bicyclic) bond motifs is 1. The molecule has 0 unspecified atom stereocenters. The second kappa shape index (κ2) is 11.2. The van der Waals surface area contributed by atoms with Crippen molar-refractivity contribution in [1.82, 2.24) is 20.3 Å². The number of nitrogens with zero attached hydrogens (tertiary/aromatic N) is 3. The number of halogens is 6. The monoisotopic (exact) mass is 592 g/mol. The van der Waals surface area contributed by atoms with Crippen LogP contribution in [0.5, 0.6) is 0 Å². The number of alkyl halides is 6. The van der Waals surface area contributed by atoms with Gasteiger partial charge in [-0.3, -0.25) is 4.79 Å². The Labute approximate surface area is 236 Å². The minimum Gasteiger partial charge on any atom is -0.352 e. The predicted molar refractivity (Wildman–Crippen MR) is 144 cm³/mol. The molecule has 0 saturated carbocycles. The Balaban J connectivity index is 1.41. The number of H-pyrrole nitrogens is 1. The smallest absolute Gasteiger partial charge is 0.352 e. The van der Waals surface area contributed by atoms with E-state index in [4.69, 9.17) is 4.74 Å². The van der Waals surface area contributed by atoms with Crippen molar-refractivity contribution in [3.63, 3.8) is 0 Å². The Morgan fingerprint density at radius 2 is 1.76 bits per heavy atom. The molecule has 4 heterocycles. The molecule has 1 aliphatic heterocycles. The highest BCUT2D eigenvalue weighted by atomic mass is 19.4. The van der Waals surface area contributed by atoms with E-state index in [1.165, 1.54) is 18.3 Å². The summed E-state index contributed by atoms with van der Waals surface area (Å²) in [7, 11) is 1.70. The third-order valence-electron chi connectivity index (χ3n) is 7.16. The van der Waals surface area contributed by atoms with E-state index >= 15 is 0 Å². The average Bonchev–Trinajstić information content (AvgIpc) is 3.64. The fourth-order valence-corrected chi connectivity index (χ4v) is 5.04. The van der Waals surface area contributed by atoms with Crippen LogP contribution < -0.4 is 15.5 Å². The summed E-state index contributed by atoms with van der Waals surface area (Å²) in [5.41, 5.74) is -4.26. The molecule has 14 heteroatoms. The molecule has 0 aliphatic carbocycles. The maximum Gasteiger partial charge on any atom is 0.430 e. The van der Waals surface area contributed by atoms with E-state index in [1.54, 1.807) is 30.4 Å². The quantitative estimate of drug-likeness (QED) is 0.215. The van der Waals surface area contributed by atoms with Crippen LogP contribution in [0.2, 0.25) is 0 Å². The number of benzene rings is 1. The SMILES string of the molecule is CN(c1ncccc1C(=O)Nc1ccc(C(OC[C@@H]2CCCN2)(C(F)(F)F)C(F)(F)F)cc1)c1ccnc2[nH]ccc12. The van der Waals surface area contributed by atoms with Crippen molar-refractivity contribution in [3.8, 4) is 0 Å². The summed E-state index contributed by atoms with van der Waals surface area (Å²) in [6.07, 6.45) is -5.79. The maximum absolute atomic E-state index is 14.1.